The van der Waals surface area contributed by atoms with Crippen LogP contribution < -0.4 is 0 Å². The zero-order valence-corrected chi connectivity index (χ0v) is 19.5. The Morgan fingerprint density at radius 2 is 1.75 bits per heavy atom. The lowest BCUT2D eigenvalue weighted by molar-refractivity contribution is 0.0696. The Bertz CT molecular complexity index is 1600. The lowest BCUT2D eigenvalue weighted by Gasteiger charge is -2.27. The molecule has 0 saturated carbocycles. The summed E-state index contributed by atoms with van der Waals surface area (Å²) >= 11 is 0. The van der Waals surface area contributed by atoms with Gasteiger partial charge in [0.2, 0.25) is 0 Å². The van der Waals surface area contributed by atoms with Crippen molar-refractivity contribution < 1.29 is 32.6 Å². The van der Waals surface area contributed by atoms with E-state index >= 15 is 4.39 Å². The number of carbonyl (C=O) groups is 1. The van der Waals surface area contributed by atoms with Crippen LogP contribution in [0.2, 0.25) is 0 Å². The van der Waals surface area contributed by atoms with Crippen LogP contribution in [0, 0.1) is 41.5 Å². The molecule has 4 rings (SSSR count). The summed E-state index contributed by atoms with van der Waals surface area (Å²) in [5.41, 5.74) is -1.50. The van der Waals surface area contributed by atoms with E-state index in [2.05, 4.69) is 0 Å². The third kappa shape index (κ3) is 3.94. The Labute approximate surface area is 203 Å². The topological polar surface area (TPSA) is 86.2 Å². The van der Waals surface area contributed by atoms with Gasteiger partial charge in [-0.15, -0.1) is 0 Å². The lowest BCUT2D eigenvalue weighted by Crippen LogP contribution is -2.22. The molecule has 0 radical (unpaired) electrons. The number of hydrogen-bond acceptors (Lipinski definition) is 3. The molecule has 0 atom stereocenters. The van der Waals surface area contributed by atoms with Gasteiger partial charge in [-0.05, 0) is 48.9 Å². The number of benzene rings is 3. The number of phenols is 1. The number of carboxylic acids is 1. The molecule has 0 aliphatic carbocycles. The predicted molar refractivity (Wildman–Crippen MR) is 125 cm³/mol. The van der Waals surface area contributed by atoms with Gasteiger partial charge in [0.1, 0.15) is 17.4 Å². The Balaban J connectivity index is 2.31. The minimum Gasteiger partial charge on any atom is -0.507 e. The number of nitrogens with zero attached hydrogens (tertiary/aromatic N) is 2. The van der Waals surface area contributed by atoms with Crippen LogP contribution in [-0.4, -0.2) is 20.7 Å². The van der Waals surface area contributed by atoms with Crippen molar-refractivity contribution in [2.45, 2.75) is 32.6 Å². The number of nitriles is 1. The predicted octanol–water partition coefficient (Wildman–Crippen LogP) is 6.76. The van der Waals surface area contributed by atoms with Gasteiger partial charge in [-0.3, -0.25) is 0 Å². The summed E-state index contributed by atoms with van der Waals surface area (Å²) in [5, 5.41) is 29.7. The monoisotopic (exact) mass is 496 g/mol. The van der Waals surface area contributed by atoms with Crippen molar-refractivity contribution in [1.82, 2.24) is 4.57 Å². The number of rotatable bonds is 5. The first-order valence-electron chi connectivity index (χ1n) is 10.8. The maximum Gasteiger partial charge on any atom is 0.335 e. The molecule has 0 spiro atoms. The molecule has 3 aromatic carbocycles. The van der Waals surface area contributed by atoms with Crippen LogP contribution in [0.1, 0.15) is 41.9 Å². The highest BCUT2D eigenvalue weighted by Gasteiger charge is 2.35. The van der Waals surface area contributed by atoms with Crippen LogP contribution in [0.25, 0.3) is 27.7 Å². The normalized spacial score (nSPS) is 11.6. The summed E-state index contributed by atoms with van der Waals surface area (Å²) < 4.78 is 60.0. The van der Waals surface area contributed by atoms with Crippen LogP contribution in [0.5, 0.6) is 5.75 Å². The van der Waals surface area contributed by atoms with Gasteiger partial charge in [0.05, 0.1) is 22.5 Å². The Hall–Kier alpha value is -4.32. The first-order chi connectivity index (χ1) is 16.9. The smallest absolute Gasteiger partial charge is 0.335 e. The molecule has 0 unspecified atom stereocenters. The van der Waals surface area contributed by atoms with E-state index in [1.54, 1.807) is 13.8 Å². The SMILES string of the molecule is Cc1cc(-n2c(C(C)(C)CC#N)c(-c3cc(C(=O)O)cc(F)c3F)c3c(O)cc(F)cc32)ccc1F. The van der Waals surface area contributed by atoms with E-state index in [0.29, 0.717) is 11.8 Å². The lowest BCUT2D eigenvalue weighted by atomic mass is 9.81. The maximum absolute atomic E-state index is 15.3. The van der Waals surface area contributed by atoms with Crippen LogP contribution in [0.3, 0.4) is 0 Å². The molecule has 0 amide bonds. The van der Waals surface area contributed by atoms with Crippen molar-refractivity contribution in [1.29, 1.82) is 5.26 Å². The highest BCUT2D eigenvalue weighted by molar-refractivity contribution is 6.04. The maximum atomic E-state index is 15.3. The summed E-state index contributed by atoms with van der Waals surface area (Å²) in [6.45, 7) is 4.79. The zero-order valence-electron chi connectivity index (χ0n) is 19.5. The van der Waals surface area contributed by atoms with Crippen molar-refractivity contribution in [3.8, 4) is 28.6 Å². The molecule has 9 heteroatoms. The second-order valence-electron chi connectivity index (χ2n) is 9.16. The van der Waals surface area contributed by atoms with Crippen LogP contribution in [-0.2, 0) is 5.41 Å². The van der Waals surface area contributed by atoms with E-state index in [4.69, 9.17) is 0 Å². The minimum absolute atomic E-state index is 0.0371. The summed E-state index contributed by atoms with van der Waals surface area (Å²) in [6.07, 6.45) is -0.136. The van der Waals surface area contributed by atoms with E-state index in [1.165, 1.54) is 29.7 Å². The van der Waals surface area contributed by atoms with E-state index < -0.39 is 51.5 Å². The fourth-order valence-corrected chi connectivity index (χ4v) is 4.48. The number of halogens is 4. The fraction of sp³-hybridized carbons (Fsp3) is 0.185. The van der Waals surface area contributed by atoms with Crippen molar-refractivity contribution >= 4 is 16.9 Å². The summed E-state index contributed by atoms with van der Waals surface area (Å²) in [5.74, 6) is -6.28. The summed E-state index contributed by atoms with van der Waals surface area (Å²) in [4.78, 5) is 11.6. The molecule has 1 heterocycles. The van der Waals surface area contributed by atoms with E-state index in [0.717, 1.165) is 18.2 Å². The second kappa shape index (κ2) is 8.72. The average molecular weight is 496 g/mol. The highest BCUT2D eigenvalue weighted by Crippen LogP contribution is 2.48. The molecule has 0 aliphatic rings. The highest BCUT2D eigenvalue weighted by atomic mass is 19.2. The molecule has 2 N–H and O–H groups in total. The van der Waals surface area contributed by atoms with Gasteiger partial charge in [0, 0.05) is 40.4 Å². The zero-order chi connectivity index (χ0) is 26.5. The Kier molecular flexibility index (Phi) is 6.00. The molecule has 1 aromatic heterocycles. The number of aromatic carboxylic acids is 1. The van der Waals surface area contributed by atoms with E-state index in [9.17, 15) is 33.4 Å². The van der Waals surface area contributed by atoms with Gasteiger partial charge in [-0.25, -0.2) is 22.4 Å². The number of phenolic OH excluding ortho intramolecular Hbond substituents is 1. The van der Waals surface area contributed by atoms with Crippen molar-refractivity contribution in [3.63, 3.8) is 0 Å². The number of fused-ring (bicyclic) bond motifs is 1. The Morgan fingerprint density at radius 1 is 1.06 bits per heavy atom. The second-order valence-corrected chi connectivity index (χ2v) is 9.16. The first kappa shape index (κ1) is 24.8. The van der Waals surface area contributed by atoms with Gasteiger partial charge in [-0.1, -0.05) is 13.8 Å². The van der Waals surface area contributed by atoms with Gasteiger partial charge >= 0.3 is 5.97 Å². The number of aromatic nitrogens is 1. The molecular formula is C27H20F4N2O3. The molecule has 0 fully saturated rings. The van der Waals surface area contributed by atoms with E-state index in [-0.39, 0.29) is 34.1 Å². The molecular weight excluding hydrogens is 476 g/mol. The van der Waals surface area contributed by atoms with Crippen LogP contribution >= 0.6 is 0 Å². The van der Waals surface area contributed by atoms with Gasteiger partial charge in [0.15, 0.2) is 11.6 Å². The van der Waals surface area contributed by atoms with Crippen LogP contribution in [0.15, 0.2) is 42.5 Å². The largest absolute Gasteiger partial charge is 0.507 e. The average Bonchev–Trinajstić information content (AvgIpc) is 3.13. The summed E-state index contributed by atoms with van der Waals surface area (Å²) in [7, 11) is 0. The minimum atomic E-state index is -1.51. The van der Waals surface area contributed by atoms with Crippen molar-refractivity contribution in [3.05, 3.63) is 82.6 Å². The van der Waals surface area contributed by atoms with Gasteiger partial charge < -0.3 is 14.8 Å². The number of hydrogen-bond donors (Lipinski definition) is 2. The third-order valence-corrected chi connectivity index (χ3v) is 6.12. The van der Waals surface area contributed by atoms with Gasteiger partial charge in [-0.2, -0.15) is 5.26 Å². The molecule has 36 heavy (non-hydrogen) atoms. The molecule has 4 aromatic rings. The first-order valence-corrected chi connectivity index (χ1v) is 10.8. The fourth-order valence-electron chi connectivity index (χ4n) is 4.48. The standard InChI is InChI=1S/C27H20F4N2O3/c1-13-8-16(4-5-18(13)29)33-20-11-15(28)12-21(34)23(20)22(25(33)27(2,3)6-7-32)17-9-14(26(35)36)10-19(30)24(17)31/h4-5,8-12,34H,6H2,1-3H3,(H,35,36). The van der Waals surface area contributed by atoms with Gasteiger partial charge in [0.25, 0.3) is 0 Å². The molecule has 0 saturated heterocycles. The molecule has 5 nitrogen and oxygen atoms in total. The number of aromatic hydroxyl groups is 1. The Morgan fingerprint density at radius 3 is 2.36 bits per heavy atom. The van der Waals surface area contributed by atoms with Crippen molar-refractivity contribution in [2.75, 3.05) is 0 Å². The number of aryl methyl sites for hydroxylation is 1. The van der Waals surface area contributed by atoms with Crippen LogP contribution in [0.4, 0.5) is 17.6 Å². The summed E-state index contributed by atoms with van der Waals surface area (Å²) in [6, 6.07) is 9.38. The molecule has 0 bridgehead atoms. The third-order valence-electron chi connectivity index (χ3n) is 6.12. The molecule has 184 valence electrons. The quantitative estimate of drug-likeness (QED) is 0.299. The van der Waals surface area contributed by atoms with E-state index in [1.807, 2.05) is 6.07 Å². The number of carboxylic acid groups (broad SMARTS) is 1. The van der Waals surface area contributed by atoms with Crippen molar-refractivity contribution in [2.24, 2.45) is 0 Å². The molecule has 0 aliphatic heterocycles.